The van der Waals surface area contributed by atoms with Gasteiger partial charge >= 0.3 is 0 Å². The van der Waals surface area contributed by atoms with E-state index in [1.807, 2.05) is 30.3 Å². The number of rotatable bonds is 5. The van der Waals surface area contributed by atoms with Gasteiger partial charge in [0.25, 0.3) is 0 Å². The summed E-state index contributed by atoms with van der Waals surface area (Å²) < 4.78 is 6.31. The van der Waals surface area contributed by atoms with Gasteiger partial charge in [0.15, 0.2) is 0 Å². The first-order valence-corrected chi connectivity index (χ1v) is 7.91. The maximum atomic E-state index is 10.7. The first kappa shape index (κ1) is 16.1. The number of aliphatic hydroxyl groups is 1. The molecule has 0 spiro atoms. The monoisotopic (exact) mass is 348 g/mol. The second-order valence-electron chi connectivity index (χ2n) is 5.63. The summed E-state index contributed by atoms with van der Waals surface area (Å²) in [6, 6.07) is 13.8. The molecule has 0 saturated heterocycles. The summed E-state index contributed by atoms with van der Waals surface area (Å²) in [6.45, 7) is 4.39. The molecule has 0 fully saturated rings. The third-order valence-electron chi connectivity index (χ3n) is 3.40. The first-order chi connectivity index (χ1) is 10.0. The fraction of sp³-hybridized carbons (Fsp3) is 0.333. The molecule has 0 aliphatic heterocycles. The van der Waals surface area contributed by atoms with Crippen molar-refractivity contribution in [3.05, 3.63) is 63.6 Å². The number of hydrogen-bond acceptors (Lipinski definition) is 2. The maximum absolute atomic E-state index is 10.7. The zero-order valence-corrected chi connectivity index (χ0v) is 14.2. The van der Waals surface area contributed by atoms with Gasteiger partial charge in [0.1, 0.15) is 11.9 Å². The maximum Gasteiger partial charge on any atom is 0.126 e. The van der Waals surface area contributed by atoms with E-state index in [1.165, 1.54) is 5.56 Å². The molecule has 3 heteroatoms. The van der Waals surface area contributed by atoms with E-state index in [-0.39, 0.29) is 0 Å². The highest BCUT2D eigenvalue weighted by Gasteiger charge is 2.16. The van der Waals surface area contributed by atoms with Crippen molar-refractivity contribution < 1.29 is 9.84 Å². The largest absolute Gasteiger partial charge is 0.496 e. The van der Waals surface area contributed by atoms with Gasteiger partial charge in [-0.05, 0) is 35.6 Å². The van der Waals surface area contributed by atoms with Crippen molar-refractivity contribution in [2.45, 2.75) is 26.4 Å². The van der Waals surface area contributed by atoms with Crippen LogP contribution in [0.1, 0.15) is 36.6 Å². The van der Waals surface area contributed by atoms with Crippen molar-refractivity contribution in [1.82, 2.24) is 0 Å². The Hall–Kier alpha value is -1.32. The molecule has 0 saturated carbocycles. The number of ether oxygens (including phenoxy) is 1. The van der Waals surface area contributed by atoms with E-state index in [4.69, 9.17) is 4.74 Å². The Balaban J connectivity index is 2.33. The Morgan fingerprint density at radius 1 is 1.14 bits per heavy atom. The molecule has 1 N–H and O–H groups in total. The van der Waals surface area contributed by atoms with Crippen LogP contribution in [0.25, 0.3) is 0 Å². The Morgan fingerprint density at radius 2 is 1.90 bits per heavy atom. The standard InChI is InChI=1S/C18H21BrO2/c1-12(2)9-13-5-4-6-14(10-13)18(20)16-8-7-15(19)11-17(16)21-3/h4-8,10-12,18,20H,9H2,1-3H3. The summed E-state index contributed by atoms with van der Waals surface area (Å²) in [5.74, 6) is 1.28. The minimum atomic E-state index is -0.680. The first-order valence-electron chi connectivity index (χ1n) is 7.11. The van der Waals surface area contributed by atoms with Gasteiger partial charge < -0.3 is 9.84 Å². The lowest BCUT2D eigenvalue weighted by atomic mass is 9.96. The molecular weight excluding hydrogens is 328 g/mol. The molecule has 0 heterocycles. The Bertz CT molecular complexity index is 608. The molecule has 2 aromatic rings. The van der Waals surface area contributed by atoms with E-state index < -0.39 is 6.10 Å². The van der Waals surface area contributed by atoms with Crippen LogP contribution in [0.5, 0.6) is 5.75 Å². The van der Waals surface area contributed by atoms with Crippen molar-refractivity contribution in [2.75, 3.05) is 7.11 Å². The van der Waals surface area contributed by atoms with Gasteiger partial charge in [-0.2, -0.15) is 0 Å². The Kier molecular flexibility index (Phi) is 5.43. The summed E-state index contributed by atoms with van der Waals surface area (Å²) in [5, 5.41) is 10.7. The third-order valence-corrected chi connectivity index (χ3v) is 3.89. The van der Waals surface area contributed by atoms with Crippen molar-refractivity contribution >= 4 is 15.9 Å². The van der Waals surface area contributed by atoms with Gasteiger partial charge in [0.2, 0.25) is 0 Å². The van der Waals surface area contributed by atoms with Crippen LogP contribution in [-0.2, 0) is 6.42 Å². The van der Waals surface area contributed by atoms with Gasteiger partial charge in [-0.1, -0.05) is 60.1 Å². The second-order valence-corrected chi connectivity index (χ2v) is 6.55. The van der Waals surface area contributed by atoms with Crippen LogP contribution in [0, 0.1) is 5.92 Å². The quantitative estimate of drug-likeness (QED) is 0.845. The molecular formula is C18H21BrO2. The minimum Gasteiger partial charge on any atom is -0.496 e. The van der Waals surface area contributed by atoms with Gasteiger partial charge in [-0.25, -0.2) is 0 Å². The summed E-state index contributed by atoms with van der Waals surface area (Å²) in [6.07, 6.45) is 0.332. The highest BCUT2D eigenvalue weighted by Crippen LogP contribution is 2.32. The smallest absolute Gasteiger partial charge is 0.126 e. The van der Waals surface area contributed by atoms with Crippen molar-refractivity contribution in [2.24, 2.45) is 5.92 Å². The summed E-state index contributed by atoms with van der Waals surface area (Å²) in [7, 11) is 1.62. The predicted molar refractivity (Wildman–Crippen MR) is 89.7 cm³/mol. The zero-order valence-electron chi connectivity index (χ0n) is 12.6. The second kappa shape index (κ2) is 7.10. The minimum absolute atomic E-state index is 0.597. The predicted octanol–water partition coefficient (Wildman–Crippen LogP) is 4.74. The van der Waals surface area contributed by atoms with Crippen LogP contribution >= 0.6 is 15.9 Å². The lowest BCUT2D eigenvalue weighted by Crippen LogP contribution is -2.04. The summed E-state index contributed by atoms with van der Waals surface area (Å²) in [5.41, 5.74) is 2.92. The molecule has 1 atom stereocenters. The van der Waals surface area contributed by atoms with Gasteiger partial charge in [-0.15, -0.1) is 0 Å². The van der Waals surface area contributed by atoms with Gasteiger partial charge in [0, 0.05) is 10.0 Å². The van der Waals surface area contributed by atoms with E-state index in [0.717, 1.165) is 22.0 Å². The van der Waals surface area contributed by atoms with Crippen LogP contribution in [0.2, 0.25) is 0 Å². The van der Waals surface area contributed by atoms with Crippen molar-refractivity contribution in [3.63, 3.8) is 0 Å². The molecule has 0 aromatic heterocycles. The fourth-order valence-electron chi connectivity index (χ4n) is 2.45. The third kappa shape index (κ3) is 4.08. The van der Waals surface area contributed by atoms with Crippen molar-refractivity contribution in [1.29, 1.82) is 0 Å². The number of benzene rings is 2. The van der Waals surface area contributed by atoms with Crippen LogP contribution in [0.3, 0.4) is 0 Å². The highest BCUT2D eigenvalue weighted by atomic mass is 79.9. The van der Waals surface area contributed by atoms with E-state index in [0.29, 0.717) is 11.7 Å². The molecule has 2 aromatic carbocycles. The number of aliphatic hydroxyl groups excluding tert-OH is 1. The Labute approximate surface area is 134 Å². The summed E-state index contributed by atoms with van der Waals surface area (Å²) >= 11 is 3.42. The topological polar surface area (TPSA) is 29.5 Å². The van der Waals surface area contributed by atoms with E-state index in [1.54, 1.807) is 7.11 Å². The van der Waals surface area contributed by atoms with Crippen LogP contribution in [0.4, 0.5) is 0 Å². The molecule has 0 aliphatic rings. The molecule has 0 bridgehead atoms. The molecule has 0 amide bonds. The lowest BCUT2D eigenvalue weighted by Gasteiger charge is -2.16. The van der Waals surface area contributed by atoms with E-state index in [2.05, 4.69) is 41.9 Å². The molecule has 0 aliphatic carbocycles. The number of hydrogen-bond donors (Lipinski definition) is 1. The average Bonchev–Trinajstić information content (AvgIpc) is 2.46. The molecule has 1 unspecified atom stereocenters. The van der Waals surface area contributed by atoms with Crippen LogP contribution < -0.4 is 4.74 Å². The molecule has 2 nitrogen and oxygen atoms in total. The number of methoxy groups -OCH3 is 1. The fourth-order valence-corrected chi connectivity index (χ4v) is 2.79. The SMILES string of the molecule is COc1cc(Br)ccc1C(O)c1cccc(CC(C)C)c1. The average molecular weight is 349 g/mol. The molecule has 0 radical (unpaired) electrons. The molecule has 2 rings (SSSR count). The highest BCUT2D eigenvalue weighted by molar-refractivity contribution is 9.10. The Morgan fingerprint density at radius 3 is 2.57 bits per heavy atom. The summed E-state index contributed by atoms with van der Waals surface area (Å²) in [4.78, 5) is 0. The van der Waals surface area contributed by atoms with Gasteiger partial charge in [0.05, 0.1) is 7.11 Å². The van der Waals surface area contributed by atoms with Crippen LogP contribution in [-0.4, -0.2) is 12.2 Å². The van der Waals surface area contributed by atoms with Gasteiger partial charge in [-0.3, -0.25) is 0 Å². The molecule has 112 valence electrons. The van der Waals surface area contributed by atoms with Crippen molar-refractivity contribution in [3.8, 4) is 5.75 Å². The molecule has 21 heavy (non-hydrogen) atoms. The zero-order chi connectivity index (χ0) is 15.4. The van der Waals surface area contributed by atoms with E-state index >= 15 is 0 Å². The normalized spacial score (nSPS) is 12.5. The van der Waals surface area contributed by atoms with Crippen LogP contribution in [0.15, 0.2) is 46.9 Å². The lowest BCUT2D eigenvalue weighted by molar-refractivity contribution is 0.214. The van der Waals surface area contributed by atoms with E-state index in [9.17, 15) is 5.11 Å². The number of halogens is 1.